The Morgan fingerprint density at radius 2 is 1.33 bits per heavy atom. The van der Waals surface area contributed by atoms with Crippen LogP contribution in [0.5, 0.6) is 0 Å². The highest BCUT2D eigenvalue weighted by Gasteiger charge is 2.42. The molecule has 5 aromatic rings. The van der Waals surface area contributed by atoms with E-state index >= 15 is 0 Å². The molecule has 0 radical (unpaired) electrons. The number of nitrogens with zero attached hydrogens (tertiary/aromatic N) is 7. The minimum Gasteiger partial charge on any atom is -0.373 e. The van der Waals surface area contributed by atoms with Crippen LogP contribution < -0.4 is 11.4 Å². The molecule has 3 aromatic carbocycles. The SMILES string of the molecule is Cc1ccc(S(=O)(=O)OC[C@@H](F)Cn2nc(C)n(C)c2=O)cc1.Cc1nn(C[C@H](F)CN2C3CCC2CC(OCc2ccc4ccccc4c2)C3)c(=O)n1C. The molecule has 0 saturated carbocycles. The summed E-state index contributed by atoms with van der Waals surface area (Å²) in [6.45, 7) is 5.12. The highest BCUT2D eigenvalue weighted by Crippen LogP contribution is 2.37. The van der Waals surface area contributed by atoms with Crippen LogP contribution in [0.2, 0.25) is 0 Å². The summed E-state index contributed by atoms with van der Waals surface area (Å²) in [5.74, 6) is 1.04. The van der Waals surface area contributed by atoms with E-state index in [2.05, 4.69) is 57.6 Å². The van der Waals surface area contributed by atoms with Gasteiger partial charge in [-0.25, -0.2) is 27.7 Å². The van der Waals surface area contributed by atoms with Crippen molar-refractivity contribution in [2.24, 2.45) is 14.1 Å². The van der Waals surface area contributed by atoms with Crippen molar-refractivity contribution < 1.29 is 26.1 Å². The lowest BCUT2D eigenvalue weighted by Gasteiger charge is -2.39. The zero-order chi connectivity index (χ0) is 39.4. The molecule has 16 heteroatoms. The van der Waals surface area contributed by atoms with Crippen molar-refractivity contribution in [3.63, 3.8) is 0 Å². The normalized spacial score (nSPS) is 19.7. The minimum atomic E-state index is -4.03. The van der Waals surface area contributed by atoms with E-state index in [-0.39, 0.29) is 29.8 Å². The predicted octanol–water partition coefficient (Wildman–Crippen LogP) is 4.54. The average Bonchev–Trinajstić information content (AvgIpc) is 3.64. The van der Waals surface area contributed by atoms with Gasteiger partial charge in [-0.3, -0.25) is 18.2 Å². The van der Waals surface area contributed by atoms with E-state index in [1.807, 2.05) is 6.92 Å². The molecule has 2 fully saturated rings. The number of piperidine rings is 1. The van der Waals surface area contributed by atoms with E-state index in [1.54, 1.807) is 33.0 Å². The van der Waals surface area contributed by atoms with Crippen LogP contribution in [0.25, 0.3) is 10.8 Å². The number of alkyl halides is 2. The maximum Gasteiger partial charge on any atom is 0.345 e. The number of hydrogen-bond donors (Lipinski definition) is 0. The first kappa shape index (κ1) is 40.2. The topological polar surface area (TPSA) is 135 Å². The average molecular weight is 782 g/mol. The quantitative estimate of drug-likeness (QED) is 0.158. The van der Waals surface area contributed by atoms with Crippen LogP contribution in [0, 0.1) is 20.8 Å². The first-order chi connectivity index (χ1) is 26.2. The van der Waals surface area contributed by atoms with Crippen molar-refractivity contribution in [2.45, 2.75) is 102 Å². The molecule has 2 aliphatic heterocycles. The van der Waals surface area contributed by atoms with E-state index in [9.17, 15) is 26.8 Å². The molecular formula is C39H49F2N7O6S. The molecule has 55 heavy (non-hydrogen) atoms. The maximum absolute atomic E-state index is 14.9. The van der Waals surface area contributed by atoms with E-state index < -0.39 is 34.8 Å². The summed E-state index contributed by atoms with van der Waals surface area (Å²) in [5, 5.41) is 10.5. The minimum absolute atomic E-state index is 0.0122. The molecule has 0 aliphatic carbocycles. The van der Waals surface area contributed by atoms with E-state index in [0.717, 1.165) is 35.9 Å². The predicted molar refractivity (Wildman–Crippen MR) is 204 cm³/mol. The Morgan fingerprint density at radius 1 is 0.764 bits per heavy atom. The van der Waals surface area contributed by atoms with E-state index in [0.29, 0.717) is 36.9 Å². The van der Waals surface area contributed by atoms with Crippen molar-refractivity contribution in [2.75, 3.05) is 13.2 Å². The number of rotatable bonds is 13. The third-order valence-electron chi connectivity index (χ3n) is 10.5. The highest BCUT2D eigenvalue weighted by atomic mass is 32.2. The number of fused-ring (bicyclic) bond motifs is 3. The number of ether oxygens (including phenoxy) is 1. The molecule has 2 aliphatic rings. The monoisotopic (exact) mass is 781 g/mol. The van der Waals surface area contributed by atoms with Gasteiger partial charge in [0.15, 0.2) is 0 Å². The van der Waals surface area contributed by atoms with Crippen LogP contribution in [0.4, 0.5) is 8.78 Å². The van der Waals surface area contributed by atoms with Crippen molar-refractivity contribution in [1.29, 1.82) is 0 Å². The van der Waals surface area contributed by atoms with Gasteiger partial charge in [-0.05, 0) is 81.0 Å². The number of benzene rings is 3. The second-order valence-corrected chi connectivity index (χ2v) is 16.2. The number of halogens is 2. The zero-order valence-corrected chi connectivity index (χ0v) is 32.7. The van der Waals surface area contributed by atoms with Gasteiger partial charge >= 0.3 is 11.4 Å². The fourth-order valence-electron chi connectivity index (χ4n) is 7.28. The van der Waals surface area contributed by atoms with E-state index in [1.165, 1.54) is 49.3 Å². The fourth-order valence-corrected chi connectivity index (χ4v) is 8.21. The second kappa shape index (κ2) is 17.1. The van der Waals surface area contributed by atoms with Crippen LogP contribution in [0.1, 0.15) is 48.5 Å². The summed E-state index contributed by atoms with van der Waals surface area (Å²) >= 11 is 0. The molecule has 0 spiro atoms. The van der Waals surface area contributed by atoms with Gasteiger partial charge in [-0.1, -0.05) is 54.1 Å². The first-order valence-corrected chi connectivity index (χ1v) is 19.9. The van der Waals surface area contributed by atoms with Crippen molar-refractivity contribution in [1.82, 2.24) is 33.6 Å². The summed E-state index contributed by atoms with van der Waals surface area (Å²) in [5.41, 5.74) is 1.37. The van der Waals surface area contributed by atoms with Crippen molar-refractivity contribution in [3.8, 4) is 0 Å². The summed E-state index contributed by atoms with van der Waals surface area (Å²) in [6.07, 6.45) is 1.50. The van der Waals surface area contributed by atoms with Gasteiger partial charge in [-0.2, -0.15) is 18.6 Å². The molecule has 7 rings (SSSR count). The molecule has 0 amide bonds. The number of aryl methyl sites for hydroxylation is 3. The Kier molecular flexibility index (Phi) is 12.5. The van der Waals surface area contributed by atoms with Gasteiger partial charge in [-0.15, -0.1) is 0 Å². The fraction of sp³-hybridized carbons (Fsp3) is 0.487. The molecule has 13 nitrogen and oxygen atoms in total. The maximum atomic E-state index is 14.9. The summed E-state index contributed by atoms with van der Waals surface area (Å²) in [7, 11) is -0.846. The third-order valence-corrected chi connectivity index (χ3v) is 11.8. The Labute approximate surface area is 319 Å². The summed E-state index contributed by atoms with van der Waals surface area (Å²) in [4.78, 5) is 26.1. The van der Waals surface area contributed by atoms with Crippen LogP contribution in [0.3, 0.4) is 0 Å². The van der Waals surface area contributed by atoms with Gasteiger partial charge < -0.3 is 4.74 Å². The molecular weight excluding hydrogens is 733 g/mol. The first-order valence-electron chi connectivity index (χ1n) is 18.5. The standard InChI is InChI=1S/C25H31FN4O2.C14H18FN3O4S/c1-17-27-30(25(31)28(17)2)15-21(26)14-29-22-9-10-23(29)13-24(12-22)32-16-18-7-8-19-5-3-4-6-20(19)11-18;1-10-4-6-13(7-5-10)23(20,21)22-9-12(15)8-18-14(19)17(3)11(2)16-18/h3-8,11,21-24H,9-10,12-16H2,1-2H3;4-7,12H,8-9H2,1-3H3/t21-,22?,23?,24?;12-/m10/s1. The van der Waals surface area contributed by atoms with Gasteiger partial charge in [0, 0.05) is 32.7 Å². The molecule has 2 bridgehead atoms. The highest BCUT2D eigenvalue weighted by molar-refractivity contribution is 7.86. The van der Waals surface area contributed by atoms with Crippen LogP contribution in [-0.2, 0) is 52.8 Å². The molecule has 296 valence electrons. The third kappa shape index (κ3) is 9.66. The molecule has 4 heterocycles. The largest absolute Gasteiger partial charge is 0.373 e. The molecule has 0 N–H and O–H groups in total. The lowest BCUT2D eigenvalue weighted by Crippen LogP contribution is -2.48. The molecule has 2 unspecified atom stereocenters. The van der Waals surface area contributed by atoms with E-state index in [4.69, 9.17) is 8.92 Å². The molecule has 4 atom stereocenters. The smallest absolute Gasteiger partial charge is 0.345 e. The van der Waals surface area contributed by atoms with Gasteiger partial charge in [0.25, 0.3) is 10.1 Å². The summed E-state index contributed by atoms with van der Waals surface area (Å²) in [6, 6.07) is 21.6. The molecule has 2 aromatic heterocycles. The van der Waals surface area contributed by atoms with Crippen molar-refractivity contribution >= 4 is 20.9 Å². The lowest BCUT2D eigenvalue weighted by molar-refractivity contribution is -0.0342. The number of aromatic nitrogens is 6. The van der Waals surface area contributed by atoms with Crippen LogP contribution >= 0.6 is 0 Å². The Bertz CT molecular complexity index is 2310. The van der Waals surface area contributed by atoms with Gasteiger partial charge in [0.1, 0.15) is 24.0 Å². The summed E-state index contributed by atoms with van der Waals surface area (Å²) < 4.78 is 68.6. The Hall–Kier alpha value is -4.51. The molecule has 2 saturated heterocycles. The van der Waals surface area contributed by atoms with Gasteiger partial charge in [0.2, 0.25) is 0 Å². The second-order valence-electron chi connectivity index (χ2n) is 14.6. The van der Waals surface area contributed by atoms with Crippen molar-refractivity contribution in [3.05, 3.63) is 110 Å². The number of hydrogen-bond acceptors (Lipinski definition) is 9. The lowest BCUT2D eigenvalue weighted by atomic mass is 9.99. The Balaban J connectivity index is 0.000000198. The van der Waals surface area contributed by atoms with Gasteiger partial charge in [0.05, 0.1) is 37.3 Å². The van der Waals surface area contributed by atoms with Crippen LogP contribution in [-0.4, -0.2) is 85.7 Å². The Morgan fingerprint density at radius 3 is 1.89 bits per heavy atom. The van der Waals surface area contributed by atoms with Crippen LogP contribution in [0.15, 0.2) is 81.2 Å². The zero-order valence-electron chi connectivity index (χ0n) is 31.8.